The molecule has 1 aliphatic carbocycles. The zero-order valence-electron chi connectivity index (χ0n) is 11.1. The molecule has 1 aromatic heterocycles. The van der Waals surface area contributed by atoms with Gasteiger partial charge in [-0.05, 0) is 48.9 Å². The summed E-state index contributed by atoms with van der Waals surface area (Å²) >= 11 is 0. The largest absolute Gasteiger partial charge is 0.234 e. The van der Waals surface area contributed by atoms with Gasteiger partial charge in [-0.15, -0.1) is 0 Å². The number of aromatic nitrogens is 1. The number of rotatable bonds is 0. The number of hydrogen-bond acceptors (Lipinski definition) is 2. The van der Waals surface area contributed by atoms with Crippen LogP contribution in [0.3, 0.4) is 0 Å². The summed E-state index contributed by atoms with van der Waals surface area (Å²) < 4.78 is 0. The van der Waals surface area contributed by atoms with Crippen molar-refractivity contribution in [3.63, 3.8) is 0 Å². The molecule has 0 radical (unpaired) electrons. The molecular formula is C17H16N2. The molecule has 0 fully saturated rings. The van der Waals surface area contributed by atoms with Gasteiger partial charge in [-0.1, -0.05) is 30.3 Å². The van der Waals surface area contributed by atoms with Gasteiger partial charge in [0.2, 0.25) is 0 Å². The van der Waals surface area contributed by atoms with Crippen molar-refractivity contribution >= 4 is 11.5 Å². The number of benzene rings is 1. The number of hydrogen-bond donors (Lipinski definition) is 0. The Balaban J connectivity index is 1.90. The third-order valence-corrected chi connectivity index (χ3v) is 4.23. The van der Waals surface area contributed by atoms with Crippen molar-refractivity contribution in [2.45, 2.75) is 26.2 Å². The molecule has 0 amide bonds. The van der Waals surface area contributed by atoms with Gasteiger partial charge >= 0.3 is 0 Å². The maximum Gasteiger partial charge on any atom is 0.155 e. The Labute approximate surface area is 113 Å². The fraction of sp³-hybridized carbons (Fsp3) is 0.294. The molecule has 0 bridgehead atoms. The Morgan fingerprint density at radius 3 is 2.89 bits per heavy atom. The summed E-state index contributed by atoms with van der Waals surface area (Å²) in [4.78, 5) is 9.47. The first kappa shape index (κ1) is 10.9. The van der Waals surface area contributed by atoms with Crippen LogP contribution < -0.4 is 0 Å². The molecule has 2 nitrogen and oxygen atoms in total. The fourth-order valence-corrected chi connectivity index (χ4v) is 3.23. The van der Waals surface area contributed by atoms with Crippen molar-refractivity contribution < 1.29 is 0 Å². The summed E-state index contributed by atoms with van der Waals surface area (Å²) in [7, 11) is 0. The van der Waals surface area contributed by atoms with E-state index in [0.29, 0.717) is 5.92 Å². The molecule has 94 valence electrons. The summed E-state index contributed by atoms with van der Waals surface area (Å²) in [6.07, 6.45) is 3.48. The van der Waals surface area contributed by atoms with Crippen LogP contribution in [0.15, 0.2) is 41.4 Å². The van der Waals surface area contributed by atoms with Crippen LogP contribution in [-0.2, 0) is 12.8 Å². The third-order valence-electron chi connectivity index (χ3n) is 4.23. The average molecular weight is 248 g/mol. The molecule has 1 atom stereocenters. The molecule has 0 N–H and O–H groups in total. The van der Waals surface area contributed by atoms with E-state index in [4.69, 9.17) is 4.99 Å². The highest BCUT2D eigenvalue weighted by Crippen LogP contribution is 2.35. The summed E-state index contributed by atoms with van der Waals surface area (Å²) in [5.41, 5.74) is 6.39. The van der Waals surface area contributed by atoms with E-state index < -0.39 is 0 Å². The van der Waals surface area contributed by atoms with Crippen LogP contribution in [0.5, 0.6) is 0 Å². The van der Waals surface area contributed by atoms with Gasteiger partial charge in [0, 0.05) is 11.6 Å². The van der Waals surface area contributed by atoms with Crippen LogP contribution in [0.2, 0.25) is 0 Å². The van der Waals surface area contributed by atoms with Crippen LogP contribution in [0, 0.1) is 12.8 Å². The molecule has 2 heterocycles. The number of nitrogens with zero attached hydrogens (tertiary/aromatic N) is 2. The Morgan fingerprint density at radius 2 is 1.95 bits per heavy atom. The Bertz CT molecular complexity index is 685. The number of aryl methyl sites for hydroxylation is 2. The standard InChI is InChI=1S/C17H16N2/c1-11-6-7-14-10-13-9-8-12-4-2-3-5-15(12)16(13)19-17(14)18-11/h2-7,13H,8-10H2,1H3. The predicted molar refractivity (Wildman–Crippen MR) is 77.1 cm³/mol. The molecule has 2 heteroatoms. The lowest BCUT2D eigenvalue weighted by atomic mass is 9.78. The first-order valence-corrected chi connectivity index (χ1v) is 6.94. The SMILES string of the molecule is Cc1ccc2c(n1)N=C1c3ccccc3CCC1C2. The lowest BCUT2D eigenvalue weighted by Gasteiger charge is -2.30. The van der Waals surface area contributed by atoms with Crippen molar-refractivity contribution in [2.24, 2.45) is 10.9 Å². The van der Waals surface area contributed by atoms with Gasteiger partial charge in [-0.25, -0.2) is 9.98 Å². The Kier molecular flexibility index (Phi) is 2.31. The molecule has 0 saturated carbocycles. The molecule has 2 aliphatic rings. The van der Waals surface area contributed by atoms with Crippen LogP contribution in [0.4, 0.5) is 5.82 Å². The fourth-order valence-electron chi connectivity index (χ4n) is 3.23. The summed E-state index contributed by atoms with van der Waals surface area (Å²) in [5.74, 6) is 1.51. The van der Waals surface area contributed by atoms with Crippen LogP contribution in [0.1, 0.15) is 28.8 Å². The predicted octanol–water partition coefficient (Wildman–Crippen LogP) is 3.63. The minimum absolute atomic E-state index is 0.576. The van der Waals surface area contributed by atoms with E-state index in [1.807, 2.05) is 6.92 Å². The molecule has 1 aliphatic heterocycles. The minimum Gasteiger partial charge on any atom is -0.234 e. The molecule has 1 aromatic carbocycles. The third kappa shape index (κ3) is 1.71. The number of fused-ring (bicyclic) bond motifs is 4. The van der Waals surface area contributed by atoms with Crippen molar-refractivity contribution in [1.82, 2.24) is 4.98 Å². The van der Waals surface area contributed by atoms with Crippen LogP contribution in [0.25, 0.3) is 0 Å². The lowest BCUT2D eigenvalue weighted by molar-refractivity contribution is 0.597. The molecule has 4 rings (SSSR count). The van der Waals surface area contributed by atoms with Crippen molar-refractivity contribution in [2.75, 3.05) is 0 Å². The zero-order chi connectivity index (χ0) is 12.8. The zero-order valence-corrected chi connectivity index (χ0v) is 11.1. The average Bonchev–Trinajstić information content (AvgIpc) is 2.45. The Hall–Kier alpha value is -1.96. The van der Waals surface area contributed by atoms with E-state index >= 15 is 0 Å². The van der Waals surface area contributed by atoms with E-state index in [1.165, 1.54) is 35.2 Å². The second kappa shape index (κ2) is 4.02. The van der Waals surface area contributed by atoms with Crippen LogP contribution in [-0.4, -0.2) is 10.7 Å². The lowest BCUT2D eigenvalue weighted by Crippen LogP contribution is -2.27. The quantitative estimate of drug-likeness (QED) is 0.699. The van der Waals surface area contributed by atoms with Gasteiger partial charge in [0.25, 0.3) is 0 Å². The van der Waals surface area contributed by atoms with Gasteiger partial charge in [0.1, 0.15) is 0 Å². The second-order valence-corrected chi connectivity index (χ2v) is 5.53. The molecule has 0 spiro atoms. The summed E-state index contributed by atoms with van der Waals surface area (Å²) in [5, 5.41) is 0. The van der Waals surface area contributed by atoms with Crippen molar-refractivity contribution in [3.8, 4) is 0 Å². The molecule has 1 unspecified atom stereocenters. The highest BCUT2D eigenvalue weighted by molar-refractivity contribution is 6.06. The monoisotopic (exact) mass is 248 g/mol. The van der Waals surface area contributed by atoms with Crippen molar-refractivity contribution in [1.29, 1.82) is 0 Å². The van der Waals surface area contributed by atoms with Crippen molar-refractivity contribution in [3.05, 3.63) is 58.8 Å². The number of pyridine rings is 1. The summed E-state index contributed by atoms with van der Waals surface area (Å²) in [6, 6.07) is 13.0. The van der Waals surface area contributed by atoms with Gasteiger partial charge in [-0.3, -0.25) is 0 Å². The van der Waals surface area contributed by atoms with Gasteiger partial charge in [0.15, 0.2) is 5.82 Å². The second-order valence-electron chi connectivity index (χ2n) is 5.53. The molecule has 0 saturated heterocycles. The van der Waals surface area contributed by atoms with E-state index in [9.17, 15) is 0 Å². The first-order valence-electron chi connectivity index (χ1n) is 6.94. The van der Waals surface area contributed by atoms with Gasteiger partial charge in [-0.2, -0.15) is 0 Å². The maximum absolute atomic E-state index is 4.88. The maximum atomic E-state index is 4.88. The van der Waals surface area contributed by atoms with E-state index in [-0.39, 0.29) is 0 Å². The van der Waals surface area contributed by atoms with Gasteiger partial charge < -0.3 is 0 Å². The smallest absolute Gasteiger partial charge is 0.155 e. The van der Waals surface area contributed by atoms with E-state index in [2.05, 4.69) is 41.4 Å². The molecule has 2 aromatic rings. The van der Waals surface area contributed by atoms with E-state index in [0.717, 1.165) is 17.9 Å². The Morgan fingerprint density at radius 1 is 1.05 bits per heavy atom. The summed E-state index contributed by atoms with van der Waals surface area (Å²) in [6.45, 7) is 2.03. The van der Waals surface area contributed by atoms with Gasteiger partial charge in [0.05, 0.1) is 5.71 Å². The topological polar surface area (TPSA) is 25.2 Å². The molecule has 19 heavy (non-hydrogen) atoms. The highest BCUT2D eigenvalue weighted by atomic mass is 14.9. The number of aliphatic imine (C=N–C) groups is 1. The minimum atomic E-state index is 0.576. The van der Waals surface area contributed by atoms with E-state index in [1.54, 1.807) is 0 Å². The van der Waals surface area contributed by atoms with Crippen LogP contribution >= 0.6 is 0 Å². The highest BCUT2D eigenvalue weighted by Gasteiger charge is 2.29. The normalized spacial score (nSPS) is 20.1. The first-order chi connectivity index (χ1) is 9.31. The molecular weight excluding hydrogens is 232 g/mol.